The van der Waals surface area contributed by atoms with E-state index in [9.17, 15) is 0 Å². The molecule has 0 amide bonds. The van der Waals surface area contributed by atoms with E-state index in [1.54, 1.807) is 0 Å². The second-order valence-corrected chi connectivity index (χ2v) is 29.4. The minimum atomic E-state index is -1.24. The van der Waals surface area contributed by atoms with Crippen LogP contribution in [0.5, 0.6) is 0 Å². The Morgan fingerprint density at radius 2 is 0.429 bits per heavy atom. The van der Waals surface area contributed by atoms with Gasteiger partial charge in [0.15, 0.2) is 33.6 Å². The molecule has 2 aliphatic rings. The molecule has 0 bridgehead atoms. The summed E-state index contributed by atoms with van der Waals surface area (Å²) in [5.74, 6) is 0. The monoisotopic (exact) mass is 460 g/mol. The molecule has 0 N–H and O–H groups in total. The normalized spacial score (nSPS) is 27.0. The Balaban J connectivity index is 0.000000280. The first-order valence-electron chi connectivity index (χ1n) is 11.4. The topological polar surface area (TPSA) is 13.0 Å². The van der Waals surface area contributed by atoms with Gasteiger partial charge in [-0.2, -0.15) is 0 Å². The zero-order valence-corrected chi connectivity index (χ0v) is 26.1. The molecule has 4 nitrogen and oxygen atoms in total. The maximum Gasteiger partial charge on any atom is 0.189 e. The van der Waals surface area contributed by atoms with E-state index in [2.05, 4.69) is 125 Å². The number of hydrogen-bond donors (Lipinski definition) is 0. The molecular weight excluding hydrogens is 409 g/mol. The molecule has 8 heteroatoms. The molecular formula is C20H52N4Si4. The molecule has 0 spiro atoms. The summed E-state index contributed by atoms with van der Waals surface area (Å²) in [6.07, 6.45) is 0. The van der Waals surface area contributed by atoms with Crippen molar-refractivity contribution < 1.29 is 0 Å². The van der Waals surface area contributed by atoms with Gasteiger partial charge in [0.1, 0.15) is 0 Å². The van der Waals surface area contributed by atoms with Crippen LogP contribution in [0, 0.1) is 0 Å². The van der Waals surface area contributed by atoms with Crippen LogP contribution in [-0.4, -0.2) is 74.7 Å². The van der Waals surface area contributed by atoms with Crippen LogP contribution in [-0.2, 0) is 0 Å². The summed E-state index contributed by atoms with van der Waals surface area (Å²) < 4.78 is 11.4. The largest absolute Gasteiger partial charge is 0.320 e. The molecule has 0 aromatic carbocycles. The van der Waals surface area contributed by atoms with Crippen LogP contribution in [0.4, 0.5) is 0 Å². The lowest BCUT2D eigenvalue weighted by atomic mass is 10.4. The molecule has 0 atom stereocenters. The van der Waals surface area contributed by atoms with E-state index in [-0.39, 0.29) is 0 Å². The summed E-state index contributed by atoms with van der Waals surface area (Å²) in [6, 6.07) is 2.92. The van der Waals surface area contributed by atoms with Crippen molar-refractivity contribution in [1.29, 1.82) is 0 Å². The predicted molar refractivity (Wildman–Crippen MR) is 138 cm³/mol. The SMILES string of the molecule is CC(C)N1[Si](C)(C)N(C(C)C)[Si]1(C)C.CC(C)N1[Si](C)(C)N(C(C)C)[Si]1(C)C. The zero-order valence-electron chi connectivity index (χ0n) is 22.1. The molecule has 0 radical (unpaired) electrons. The van der Waals surface area contributed by atoms with Gasteiger partial charge in [0, 0.05) is 0 Å². The molecule has 2 aliphatic heterocycles. The standard InChI is InChI=1S/2C10H26N2Si2/c2*1-9(2)11-13(5,6)12(10(3)4)14(11,7)8/h2*9-10H,1-8H3. The Hall–Kier alpha value is 0.708. The first kappa shape index (κ1) is 26.7. The van der Waals surface area contributed by atoms with Crippen LogP contribution < -0.4 is 0 Å². The predicted octanol–water partition coefficient (Wildman–Crippen LogP) is 5.65. The Labute approximate surface area is 182 Å². The number of nitrogens with zero attached hydrogens (tertiary/aromatic N) is 4. The average molecular weight is 461 g/mol. The van der Waals surface area contributed by atoms with Gasteiger partial charge in [-0.1, -0.05) is 55.4 Å². The third kappa shape index (κ3) is 4.22. The summed E-state index contributed by atoms with van der Waals surface area (Å²) in [6.45, 7) is 38.7. The summed E-state index contributed by atoms with van der Waals surface area (Å²) in [5, 5.41) is 0. The van der Waals surface area contributed by atoms with Crippen LogP contribution in [0.1, 0.15) is 55.4 Å². The maximum absolute atomic E-state index is 2.86. The van der Waals surface area contributed by atoms with Crippen molar-refractivity contribution in [3.8, 4) is 0 Å². The van der Waals surface area contributed by atoms with Crippen molar-refractivity contribution in [2.75, 3.05) is 0 Å². The minimum Gasteiger partial charge on any atom is -0.320 e. The molecule has 28 heavy (non-hydrogen) atoms. The fourth-order valence-electron chi connectivity index (χ4n) is 8.11. The van der Waals surface area contributed by atoms with Gasteiger partial charge < -0.3 is 16.9 Å². The molecule has 0 aromatic rings. The van der Waals surface area contributed by atoms with E-state index in [1.807, 2.05) is 0 Å². The van der Waals surface area contributed by atoms with Crippen molar-refractivity contribution in [2.45, 2.75) is 132 Å². The van der Waals surface area contributed by atoms with E-state index < -0.39 is 33.6 Å². The second kappa shape index (κ2) is 8.33. The molecule has 0 aromatic heterocycles. The summed E-state index contributed by atoms with van der Waals surface area (Å²) in [4.78, 5) is 0. The van der Waals surface area contributed by atoms with E-state index in [0.717, 1.165) is 24.2 Å². The Morgan fingerprint density at radius 3 is 0.500 bits per heavy atom. The molecule has 0 aliphatic carbocycles. The quantitative estimate of drug-likeness (QED) is 0.502. The molecule has 168 valence electrons. The molecule has 2 heterocycles. The van der Waals surface area contributed by atoms with Gasteiger partial charge in [0.25, 0.3) is 0 Å². The summed E-state index contributed by atoms with van der Waals surface area (Å²) in [7, 11) is -4.97. The van der Waals surface area contributed by atoms with Gasteiger partial charge in [-0.25, -0.2) is 0 Å². The van der Waals surface area contributed by atoms with Crippen LogP contribution in [0.2, 0.25) is 52.4 Å². The highest BCUT2D eigenvalue weighted by Crippen LogP contribution is 2.42. The smallest absolute Gasteiger partial charge is 0.189 e. The summed E-state index contributed by atoms with van der Waals surface area (Å²) in [5.41, 5.74) is 0. The molecule has 0 saturated carbocycles. The van der Waals surface area contributed by atoms with Gasteiger partial charge in [0.2, 0.25) is 0 Å². The first-order valence-corrected chi connectivity index (χ1v) is 23.0. The van der Waals surface area contributed by atoms with Crippen LogP contribution in [0.25, 0.3) is 0 Å². The van der Waals surface area contributed by atoms with E-state index in [4.69, 9.17) is 0 Å². The average Bonchev–Trinajstić information content (AvgIpc) is 2.30. The lowest BCUT2D eigenvalue weighted by Crippen LogP contribution is -2.91. The zero-order chi connectivity index (χ0) is 22.6. The maximum atomic E-state index is 2.86. The fourth-order valence-corrected chi connectivity index (χ4v) is 41.8. The Bertz CT molecular complexity index is 424. The van der Waals surface area contributed by atoms with Gasteiger partial charge >= 0.3 is 0 Å². The Morgan fingerprint density at radius 1 is 0.321 bits per heavy atom. The van der Waals surface area contributed by atoms with Gasteiger partial charge in [-0.15, -0.1) is 0 Å². The third-order valence-corrected chi connectivity index (χ3v) is 33.5. The highest BCUT2D eigenvalue weighted by molar-refractivity contribution is 7.04. The van der Waals surface area contributed by atoms with Crippen molar-refractivity contribution in [3.05, 3.63) is 0 Å². The lowest BCUT2D eigenvalue weighted by Gasteiger charge is -2.70. The van der Waals surface area contributed by atoms with Gasteiger partial charge in [-0.05, 0) is 76.5 Å². The van der Waals surface area contributed by atoms with Crippen LogP contribution in [0.3, 0.4) is 0 Å². The molecule has 0 unspecified atom stereocenters. The van der Waals surface area contributed by atoms with E-state index in [0.29, 0.717) is 0 Å². The second-order valence-electron chi connectivity index (χ2n) is 11.8. The summed E-state index contributed by atoms with van der Waals surface area (Å²) >= 11 is 0. The number of rotatable bonds is 4. The van der Waals surface area contributed by atoms with Gasteiger partial charge in [-0.3, -0.25) is 0 Å². The van der Waals surface area contributed by atoms with Crippen molar-refractivity contribution in [1.82, 2.24) is 16.9 Å². The van der Waals surface area contributed by atoms with Crippen LogP contribution in [0.15, 0.2) is 0 Å². The van der Waals surface area contributed by atoms with Crippen molar-refractivity contribution in [2.24, 2.45) is 0 Å². The Kier molecular flexibility index (Phi) is 7.96. The van der Waals surface area contributed by atoms with Gasteiger partial charge in [0.05, 0.1) is 0 Å². The minimum absolute atomic E-state index is 0.730. The fraction of sp³-hybridized carbons (Fsp3) is 1.00. The highest BCUT2D eigenvalue weighted by atomic mass is 28.5. The lowest BCUT2D eigenvalue weighted by molar-refractivity contribution is 0.310. The first-order chi connectivity index (χ1) is 12.3. The molecule has 2 fully saturated rings. The molecule has 2 rings (SSSR count). The van der Waals surface area contributed by atoms with Crippen molar-refractivity contribution in [3.63, 3.8) is 0 Å². The third-order valence-electron chi connectivity index (χ3n) is 6.78. The number of hydrogen-bond acceptors (Lipinski definition) is 4. The van der Waals surface area contributed by atoms with E-state index >= 15 is 0 Å². The van der Waals surface area contributed by atoms with Crippen molar-refractivity contribution >= 4 is 33.6 Å². The van der Waals surface area contributed by atoms with Crippen LogP contribution >= 0.6 is 0 Å². The highest BCUT2D eigenvalue weighted by Gasteiger charge is 2.63. The molecule has 2 saturated heterocycles. The van der Waals surface area contributed by atoms with E-state index in [1.165, 1.54) is 0 Å².